The van der Waals surface area contributed by atoms with Gasteiger partial charge in [-0.2, -0.15) is 0 Å². The van der Waals surface area contributed by atoms with Crippen molar-refractivity contribution in [1.29, 1.82) is 0 Å². The van der Waals surface area contributed by atoms with Crippen LogP contribution in [-0.4, -0.2) is 18.0 Å². The molecular weight excluding hydrogens is 208 g/mol. The van der Waals surface area contributed by atoms with E-state index in [4.69, 9.17) is 5.73 Å². The predicted molar refractivity (Wildman–Crippen MR) is 74.0 cm³/mol. The summed E-state index contributed by atoms with van der Waals surface area (Å²) < 4.78 is 0. The Kier molecular flexibility index (Phi) is 3.43. The summed E-state index contributed by atoms with van der Waals surface area (Å²) in [5.41, 5.74) is 9.66. The molecule has 0 amide bonds. The molecule has 2 atom stereocenters. The zero-order valence-corrected chi connectivity index (χ0v) is 11.4. The van der Waals surface area contributed by atoms with E-state index in [1.807, 2.05) is 6.07 Å². The van der Waals surface area contributed by atoms with E-state index in [0.29, 0.717) is 18.0 Å². The Labute approximate surface area is 105 Å². The first-order valence-electron chi connectivity index (χ1n) is 6.61. The number of hydrogen-bond acceptors (Lipinski definition) is 2. The van der Waals surface area contributed by atoms with Crippen molar-refractivity contribution >= 4 is 5.69 Å². The van der Waals surface area contributed by atoms with Gasteiger partial charge in [0.05, 0.1) is 0 Å². The molecule has 0 heterocycles. The Morgan fingerprint density at radius 1 is 1.29 bits per heavy atom. The summed E-state index contributed by atoms with van der Waals surface area (Å²) in [4.78, 5) is 2.52. The summed E-state index contributed by atoms with van der Waals surface area (Å²) in [6.07, 6.45) is 2.40. The monoisotopic (exact) mass is 232 g/mol. The highest BCUT2D eigenvalue weighted by Gasteiger charge is 2.29. The number of nitrogen functional groups attached to an aromatic ring is 1. The summed E-state index contributed by atoms with van der Waals surface area (Å²) in [6, 6.07) is 7.58. The molecule has 1 aromatic rings. The molecule has 94 valence electrons. The van der Waals surface area contributed by atoms with Gasteiger partial charge < -0.3 is 5.73 Å². The Balaban J connectivity index is 2.22. The van der Waals surface area contributed by atoms with E-state index in [2.05, 4.69) is 44.9 Å². The average molecular weight is 232 g/mol. The van der Waals surface area contributed by atoms with Gasteiger partial charge in [-0.3, -0.25) is 4.90 Å². The number of hydrogen-bond donors (Lipinski definition) is 1. The quantitative estimate of drug-likeness (QED) is 0.811. The van der Waals surface area contributed by atoms with Crippen LogP contribution in [0.15, 0.2) is 18.2 Å². The highest BCUT2D eigenvalue weighted by Crippen LogP contribution is 2.37. The van der Waals surface area contributed by atoms with E-state index in [1.165, 1.54) is 24.0 Å². The van der Waals surface area contributed by atoms with Crippen LogP contribution in [0.25, 0.3) is 0 Å². The lowest BCUT2D eigenvalue weighted by Gasteiger charge is -2.33. The molecule has 2 unspecified atom stereocenters. The summed E-state index contributed by atoms with van der Waals surface area (Å²) in [6.45, 7) is 6.90. The van der Waals surface area contributed by atoms with Gasteiger partial charge in [-0.1, -0.05) is 19.9 Å². The molecule has 0 saturated carbocycles. The van der Waals surface area contributed by atoms with Crippen LogP contribution in [0.4, 0.5) is 5.69 Å². The van der Waals surface area contributed by atoms with Gasteiger partial charge >= 0.3 is 0 Å². The van der Waals surface area contributed by atoms with Crippen LogP contribution >= 0.6 is 0 Å². The van der Waals surface area contributed by atoms with Gasteiger partial charge in [0.1, 0.15) is 0 Å². The molecule has 0 aromatic heterocycles. The van der Waals surface area contributed by atoms with Crippen molar-refractivity contribution in [3.8, 4) is 0 Å². The van der Waals surface area contributed by atoms with Crippen molar-refractivity contribution in [3.05, 3.63) is 29.3 Å². The minimum absolute atomic E-state index is 0.572. The van der Waals surface area contributed by atoms with Gasteiger partial charge in [-0.05, 0) is 56.0 Å². The van der Waals surface area contributed by atoms with Crippen LogP contribution in [0.5, 0.6) is 0 Å². The van der Waals surface area contributed by atoms with Gasteiger partial charge in [-0.25, -0.2) is 0 Å². The molecule has 0 bridgehead atoms. The van der Waals surface area contributed by atoms with Crippen LogP contribution in [-0.2, 0) is 6.42 Å². The first-order valence-corrected chi connectivity index (χ1v) is 6.61. The molecule has 2 N–H and O–H groups in total. The molecule has 2 heteroatoms. The number of fused-ring (bicyclic) bond motifs is 1. The minimum atomic E-state index is 0.572. The zero-order valence-electron chi connectivity index (χ0n) is 11.4. The van der Waals surface area contributed by atoms with Crippen molar-refractivity contribution < 1.29 is 0 Å². The maximum absolute atomic E-state index is 5.85. The van der Waals surface area contributed by atoms with Crippen molar-refractivity contribution in [3.63, 3.8) is 0 Å². The third kappa shape index (κ3) is 2.32. The van der Waals surface area contributed by atoms with E-state index >= 15 is 0 Å². The molecule has 0 saturated heterocycles. The lowest BCUT2D eigenvalue weighted by Crippen LogP contribution is -2.35. The zero-order chi connectivity index (χ0) is 12.6. The van der Waals surface area contributed by atoms with Crippen LogP contribution in [0.3, 0.4) is 0 Å². The van der Waals surface area contributed by atoms with Crippen molar-refractivity contribution in [2.45, 2.75) is 45.7 Å². The molecule has 1 aliphatic carbocycles. The fourth-order valence-electron chi connectivity index (χ4n) is 2.79. The Hall–Kier alpha value is -1.02. The third-order valence-electron chi connectivity index (χ3n) is 4.31. The first kappa shape index (κ1) is 12.4. The lowest BCUT2D eigenvalue weighted by atomic mass is 10.0. The van der Waals surface area contributed by atoms with Crippen LogP contribution < -0.4 is 5.73 Å². The molecule has 0 fully saturated rings. The third-order valence-corrected chi connectivity index (χ3v) is 4.31. The second-order valence-electron chi connectivity index (χ2n) is 5.66. The molecule has 2 rings (SSSR count). The van der Waals surface area contributed by atoms with E-state index < -0.39 is 0 Å². The Morgan fingerprint density at radius 3 is 2.65 bits per heavy atom. The molecule has 1 aromatic carbocycles. The highest BCUT2D eigenvalue weighted by atomic mass is 15.2. The number of anilines is 1. The second-order valence-corrected chi connectivity index (χ2v) is 5.66. The number of nitrogens with zero attached hydrogens (tertiary/aromatic N) is 1. The summed E-state index contributed by atoms with van der Waals surface area (Å²) >= 11 is 0. The van der Waals surface area contributed by atoms with E-state index in [9.17, 15) is 0 Å². The smallest absolute Gasteiger partial charge is 0.0353 e. The van der Waals surface area contributed by atoms with Gasteiger partial charge in [0.2, 0.25) is 0 Å². The summed E-state index contributed by atoms with van der Waals surface area (Å²) in [5, 5.41) is 0. The number of rotatable bonds is 3. The van der Waals surface area contributed by atoms with E-state index in [-0.39, 0.29) is 0 Å². The largest absolute Gasteiger partial charge is 0.399 e. The molecule has 17 heavy (non-hydrogen) atoms. The standard InChI is InChI=1S/C15H24N2/c1-10(2)11(3)17(4)15-8-5-12-9-13(16)6-7-14(12)15/h6-7,9-11,15H,5,8,16H2,1-4H3. The van der Waals surface area contributed by atoms with Crippen molar-refractivity contribution in [1.82, 2.24) is 4.90 Å². The second kappa shape index (κ2) is 4.69. The molecule has 1 aliphatic rings. The maximum Gasteiger partial charge on any atom is 0.0353 e. The Bertz CT molecular complexity index is 398. The SMILES string of the molecule is CC(C)C(C)N(C)C1CCc2cc(N)ccc21. The van der Waals surface area contributed by atoms with Crippen molar-refractivity contribution in [2.75, 3.05) is 12.8 Å². The number of nitrogens with two attached hydrogens (primary N) is 1. The molecule has 0 radical (unpaired) electrons. The number of benzene rings is 1. The predicted octanol–water partition coefficient (Wildman–Crippen LogP) is 3.23. The van der Waals surface area contributed by atoms with Gasteiger partial charge in [0.25, 0.3) is 0 Å². The van der Waals surface area contributed by atoms with Gasteiger partial charge in [-0.15, -0.1) is 0 Å². The van der Waals surface area contributed by atoms with E-state index in [1.54, 1.807) is 0 Å². The topological polar surface area (TPSA) is 29.3 Å². The lowest BCUT2D eigenvalue weighted by molar-refractivity contribution is 0.148. The van der Waals surface area contributed by atoms with Gasteiger partial charge in [0.15, 0.2) is 0 Å². The van der Waals surface area contributed by atoms with Gasteiger partial charge in [0, 0.05) is 17.8 Å². The highest BCUT2D eigenvalue weighted by molar-refractivity contribution is 5.47. The van der Waals surface area contributed by atoms with Crippen LogP contribution in [0, 0.1) is 5.92 Å². The maximum atomic E-state index is 5.85. The normalized spacial score (nSPS) is 20.9. The molecule has 0 aliphatic heterocycles. The summed E-state index contributed by atoms with van der Waals surface area (Å²) in [5.74, 6) is 0.692. The molecular formula is C15H24N2. The van der Waals surface area contributed by atoms with E-state index in [0.717, 1.165) is 5.69 Å². The van der Waals surface area contributed by atoms with Crippen LogP contribution in [0.1, 0.15) is 44.4 Å². The molecule has 2 nitrogen and oxygen atoms in total. The van der Waals surface area contributed by atoms with Crippen molar-refractivity contribution in [2.24, 2.45) is 5.92 Å². The average Bonchev–Trinajstić information content (AvgIpc) is 2.69. The first-order chi connectivity index (χ1) is 8.00. The van der Waals surface area contributed by atoms with Crippen LogP contribution in [0.2, 0.25) is 0 Å². The summed E-state index contributed by atoms with van der Waals surface area (Å²) in [7, 11) is 2.25. The fourth-order valence-corrected chi connectivity index (χ4v) is 2.79. The number of aryl methyl sites for hydroxylation is 1. The Morgan fingerprint density at radius 2 is 2.00 bits per heavy atom. The minimum Gasteiger partial charge on any atom is -0.399 e. The molecule has 0 spiro atoms. The fraction of sp³-hybridized carbons (Fsp3) is 0.600.